The van der Waals surface area contributed by atoms with E-state index in [4.69, 9.17) is 9.47 Å². The van der Waals surface area contributed by atoms with Crippen molar-refractivity contribution in [3.63, 3.8) is 0 Å². The average Bonchev–Trinajstić information content (AvgIpc) is 3.46. The molecule has 0 spiro atoms. The van der Waals surface area contributed by atoms with Crippen molar-refractivity contribution in [3.05, 3.63) is 18.2 Å². The molecule has 1 aliphatic heterocycles. The molecule has 3 rings (SSSR count). The summed E-state index contributed by atoms with van der Waals surface area (Å²) >= 11 is 0. The first-order valence-electron chi connectivity index (χ1n) is 9.27. The molecule has 138 valence electrons. The standard InChI is InChI=1S/C19H30N4O2/c1-4-20-19(21-14-5-6-14)22-15-7-9-23(10-8-15)16-11-17(24-2)13-18(12-16)25-3/h11-15H,4-10H2,1-3H3,(H2,20,21,22). The molecule has 2 fully saturated rings. The van der Waals surface area contributed by atoms with Crippen LogP contribution in [0.3, 0.4) is 0 Å². The highest BCUT2D eigenvalue weighted by Gasteiger charge is 2.25. The molecule has 0 bridgehead atoms. The predicted octanol–water partition coefficient (Wildman–Crippen LogP) is 2.39. The van der Waals surface area contributed by atoms with E-state index in [9.17, 15) is 0 Å². The second-order valence-corrected chi connectivity index (χ2v) is 6.72. The van der Waals surface area contributed by atoms with Crippen LogP contribution in [0.2, 0.25) is 0 Å². The lowest BCUT2D eigenvalue weighted by Crippen LogP contribution is -2.49. The van der Waals surface area contributed by atoms with Crippen molar-refractivity contribution in [1.82, 2.24) is 10.6 Å². The fourth-order valence-corrected chi connectivity index (χ4v) is 3.16. The second kappa shape index (κ2) is 8.32. The van der Waals surface area contributed by atoms with Gasteiger partial charge in [-0.3, -0.25) is 4.99 Å². The Morgan fingerprint density at radius 1 is 1.00 bits per heavy atom. The summed E-state index contributed by atoms with van der Waals surface area (Å²) in [6, 6.07) is 7.17. The molecule has 6 heteroatoms. The van der Waals surface area contributed by atoms with Crippen molar-refractivity contribution >= 4 is 11.6 Å². The Bertz CT molecular complexity index is 571. The van der Waals surface area contributed by atoms with E-state index in [2.05, 4.69) is 39.6 Å². The minimum Gasteiger partial charge on any atom is -0.497 e. The van der Waals surface area contributed by atoms with Gasteiger partial charge in [0.1, 0.15) is 11.5 Å². The lowest BCUT2D eigenvalue weighted by Gasteiger charge is -2.35. The lowest BCUT2D eigenvalue weighted by atomic mass is 10.0. The molecule has 1 saturated carbocycles. The molecule has 0 aromatic heterocycles. The molecule has 1 heterocycles. The van der Waals surface area contributed by atoms with Gasteiger partial charge in [0.05, 0.1) is 14.2 Å². The number of guanidine groups is 1. The van der Waals surface area contributed by atoms with Crippen molar-refractivity contribution in [2.24, 2.45) is 4.99 Å². The van der Waals surface area contributed by atoms with Crippen LogP contribution in [0.25, 0.3) is 0 Å². The number of nitrogens with zero attached hydrogens (tertiary/aromatic N) is 2. The molecule has 0 radical (unpaired) electrons. The maximum Gasteiger partial charge on any atom is 0.191 e. The van der Waals surface area contributed by atoms with Gasteiger partial charge in [-0.15, -0.1) is 0 Å². The summed E-state index contributed by atoms with van der Waals surface area (Å²) in [5, 5.41) is 7.11. The summed E-state index contributed by atoms with van der Waals surface area (Å²) in [7, 11) is 3.38. The van der Waals surface area contributed by atoms with Gasteiger partial charge in [0.25, 0.3) is 0 Å². The fourth-order valence-electron chi connectivity index (χ4n) is 3.16. The molecule has 1 saturated heterocycles. The van der Waals surface area contributed by atoms with Crippen LogP contribution in [0, 0.1) is 0 Å². The Balaban J connectivity index is 1.57. The Hall–Kier alpha value is -2.11. The molecular formula is C19H30N4O2. The van der Waals surface area contributed by atoms with Crippen molar-refractivity contribution in [3.8, 4) is 11.5 Å². The highest BCUT2D eigenvalue weighted by molar-refractivity contribution is 5.80. The third-order valence-corrected chi connectivity index (χ3v) is 4.77. The summed E-state index contributed by atoms with van der Waals surface area (Å²) in [4.78, 5) is 6.97. The highest BCUT2D eigenvalue weighted by atomic mass is 16.5. The predicted molar refractivity (Wildman–Crippen MR) is 102 cm³/mol. The lowest BCUT2D eigenvalue weighted by molar-refractivity contribution is 0.393. The molecule has 2 N–H and O–H groups in total. The largest absolute Gasteiger partial charge is 0.497 e. The van der Waals surface area contributed by atoms with Crippen LogP contribution in [-0.2, 0) is 0 Å². The maximum absolute atomic E-state index is 5.39. The van der Waals surface area contributed by atoms with Gasteiger partial charge < -0.3 is 25.0 Å². The van der Waals surface area contributed by atoms with E-state index in [-0.39, 0.29) is 0 Å². The van der Waals surface area contributed by atoms with Gasteiger partial charge in [-0.05, 0) is 32.6 Å². The SMILES string of the molecule is CCN=C(NC1CC1)NC1CCN(c2cc(OC)cc(OC)c2)CC1. The van der Waals surface area contributed by atoms with Gasteiger partial charge in [-0.2, -0.15) is 0 Å². The van der Waals surface area contributed by atoms with Gasteiger partial charge in [0, 0.05) is 55.6 Å². The summed E-state index contributed by atoms with van der Waals surface area (Å²) < 4.78 is 10.8. The molecule has 25 heavy (non-hydrogen) atoms. The third kappa shape index (κ3) is 4.94. The van der Waals surface area contributed by atoms with Gasteiger partial charge in [0.15, 0.2) is 5.96 Å². The zero-order chi connectivity index (χ0) is 17.6. The molecule has 1 aromatic carbocycles. The molecule has 0 atom stereocenters. The van der Waals surface area contributed by atoms with Gasteiger partial charge in [-0.25, -0.2) is 0 Å². The number of methoxy groups -OCH3 is 2. The molecule has 0 unspecified atom stereocenters. The van der Waals surface area contributed by atoms with Gasteiger partial charge >= 0.3 is 0 Å². The number of hydrogen-bond donors (Lipinski definition) is 2. The van der Waals surface area contributed by atoms with Crippen LogP contribution < -0.4 is 25.0 Å². The number of rotatable bonds is 6. The monoisotopic (exact) mass is 346 g/mol. The molecule has 1 aromatic rings. The van der Waals surface area contributed by atoms with Crippen molar-refractivity contribution in [2.75, 3.05) is 38.8 Å². The highest BCUT2D eigenvalue weighted by Crippen LogP contribution is 2.30. The zero-order valence-electron chi connectivity index (χ0n) is 15.5. The number of ether oxygens (including phenoxy) is 2. The molecule has 6 nitrogen and oxygen atoms in total. The second-order valence-electron chi connectivity index (χ2n) is 6.72. The van der Waals surface area contributed by atoms with Crippen LogP contribution in [-0.4, -0.2) is 51.9 Å². The fraction of sp³-hybridized carbons (Fsp3) is 0.632. The summed E-state index contributed by atoms with van der Waals surface area (Å²) in [5.41, 5.74) is 1.16. The van der Waals surface area contributed by atoms with E-state index in [0.29, 0.717) is 12.1 Å². The normalized spacial score (nSPS) is 18.8. The van der Waals surface area contributed by atoms with E-state index < -0.39 is 0 Å². The number of piperidine rings is 1. The van der Waals surface area contributed by atoms with Crippen LogP contribution in [0.1, 0.15) is 32.6 Å². The number of hydrogen-bond acceptors (Lipinski definition) is 4. The van der Waals surface area contributed by atoms with E-state index in [1.165, 1.54) is 12.8 Å². The van der Waals surface area contributed by atoms with Gasteiger partial charge in [0.2, 0.25) is 0 Å². The van der Waals surface area contributed by atoms with Crippen LogP contribution >= 0.6 is 0 Å². The molecular weight excluding hydrogens is 316 g/mol. The Kier molecular flexibility index (Phi) is 5.89. The average molecular weight is 346 g/mol. The smallest absolute Gasteiger partial charge is 0.191 e. The first-order chi connectivity index (χ1) is 12.2. The van der Waals surface area contributed by atoms with E-state index in [1.807, 2.05) is 6.07 Å². The molecule has 2 aliphatic rings. The molecule has 1 aliphatic carbocycles. The van der Waals surface area contributed by atoms with E-state index >= 15 is 0 Å². The Morgan fingerprint density at radius 3 is 2.04 bits per heavy atom. The number of aliphatic imine (C=N–C) groups is 1. The third-order valence-electron chi connectivity index (χ3n) is 4.77. The van der Waals surface area contributed by atoms with Crippen LogP contribution in [0.15, 0.2) is 23.2 Å². The number of anilines is 1. The summed E-state index contributed by atoms with van der Waals surface area (Å²) in [6.45, 7) is 4.91. The Morgan fingerprint density at radius 2 is 1.56 bits per heavy atom. The van der Waals surface area contributed by atoms with Crippen LogP contribution in [0.4, 0.5) is 5.69 Å². The van der Waals surface area contributed by atoms with Crippen LogP contribution in [0.5, 0.6) is 11.5 Å². The first kappa shape index (κ1) is 17.7. The topological polar surface area (TPSA) is 58.1 Å². The van der Waals surface area contributed by atoms with Crippen molar-refractivity contribution in [2.45, 2.75) is 44.7 Å². The first-order valence-corrected chi connectivity index (χ1v) is 9.27. The zero-order valence-corrected chi connectivity index (χ0v) is 15.5. The molecule has 0 amide bonds. The number of nitrogens with one attached hydrogen (secondary N) is 2. The minimum atomic E-state index is 0.473. The Labute approximate surface area is 150 Å². The summed E-state index contributed by atoms with van der Waals surface area (Å²) in [5.74, 6) is 2.65. The maximum atomic E-state index is 5.39. The van der Waals surface area contributed by atoms with E-state index in [0.717, 1.165) is 55.6 Å². The quantitative estimate of drug-likeness (QED) is 0.612. The minimum absolute atomic E-state index is 0.473. The van der Waals surface area contributed by atoms with Crippen molar-refractivity contribution < 1.29 is 9.47 Å². The van der Waals surface area contributed by atoms with Crippen molar-refractivity contribution in [1.29, 1.82) is 0 Å². The summed E-state index contributed by atoms with van der Waals surface area (Å²) in [6.07, 6.45) is 4.71. The van der Waals surface area contributed by atoms with E-state index in [1.54, 1.807) is 14.2 Å². The van der Waals surface area contributed by atoms with Gasteiger partial charge in [-0.1, -0.05) is 0 Å². The number of benzene rings is 1.